The van der Waals surface area contributed by atoms with Crippen molar-refractivity contribution in [2.45, 2.75) is 25.9 Å². The van der Waals surface area contributed by atoms with Crippen LogP contribution in [0, 0.1) is 17.8 Å². The molecular weight excluding hydrogens is 156 g/mol. The second-order valence-corrected chi connectivity index (χ2v) is 3.66. The summed E-state index contributed by atoms with van der Waals surface area (Å²) in [7, 11) is 0. The summed E-state index contributed by atoms with van der Waals surface area (Å²) in [4.78, 5) is 11.2. The minimum Gasteiger partial charge on any atom is -0.466 e. The monoisotopic (exact) mass is 170 g/mol. The van der Waals surface area contributed by atoms with Crippen LogP contribution >= 0.6 is 0 Å². The number of aliphatic hydroxyl groups excluding tert-OH is 1. The molecule has 0 aliphatic heterocycles. The third kappa shape index (κ3) is 1.04. The van der Waals surface area contributed by atoms with Gasteiger partial charge in [-0.3, -0.25) is 4.79 Å². The molecule has 2 saturated carbocycles. The summed E-state index contributed by atoms with van der Waals surface area (Å²) in [5.41, 5.74) is 0. The summed E-state index contributed by atoms with van der Waals surface area (Å²) in [5, 5.41) is 9.42. The van der Waals surface area contributed by atoms with Gasteiger partial charge >= 0.3 is 5.97 Å². The van der Waals surface area contributed by atoms with Gasteiger partial charge in [0.15, 0.2) is 0 Å². The van der Waals surface area contributed by atoms with Crippen molar-refractivity contribution in [2.75, 3.05) is 6.61 Å². The Morgan fingerprint density at radius 2 is 2.33 bits per heavy atom. The molecule has 0 aromatic carbocycles. The molecule has 0 aromatic rings. The van der Waals surface area contributed by atoms with Crippen molar-refractivity contribution in [1.82, 2.24) is 0 Å². The van der Waals surface area contributed by atoms with E-state index in [1.54, 1.807) is 0 Å². The highest BCUT2D eigenvalue weighted by Crippen LogP contribution is 2.57. The van der Waals surface area contributed by atoms with Crippen molar-refractivity contribution < 1.29 is 14.6 Å². The van der Waals surface area contributed by atoms with Gasteiger partial charge in [-0.05, 0) is 25.7 Å². The van der Waals surface area contributed by atoms with Crippen LogP contribution in [-0.2, 0) is 9.53 Å². The van der Waals surface area contributed by atoms with Crippen LogP contribution in [0.4, 0.5) is 0 Å². The van der Waals surface area contributed by atoms with Gasteiger partial charge in [0.1, 0.15) is 0 Å². The van der Waals surface area contributed by atoms with E-state index in [2.05, 4.69) is 0 Å². The lowest BCUT2D eigenvalue weighted by Gasteiger charge is -2.06. The van der Waals surface area contributed by atoms with Crippen molar-refractivity contribution in [3.63, 3.8) is 0 Å². The molecule has 0 saturated heterocycles. The zero-order valence-electron chi connectivity index (χ0n) is 7.19. The van der Waals surface area contributed by atoms with Crippen molar-refractivity contribution in [1.29, 1.82) is 0 Å². The fourth-order valence-corrected chi connectivity index (χ4v) is 2.42. The Hall–Kier alpha value is -0.570. The van der Waals surface area contributed by atoms with E-state index < -0.39 is 0 Å². The second kappa shape index (κ2) is 2.73. The van der Waals surface area contributed by atoms with Crippen molar-refractivity contribution in [3.05, 3.63) is 0 Å². The topological polar surface area (TPSA) is 46.5 Å². The van der Waals surface area contributed by atoms with Crippen molar-refractivity contribution in [3.8, 4) is 0 Å². The van der Waals surface area contributed by atoms with E-state index >= 15 is 0 Å². The van der Waals surface area contributed by atoms with Crippen LogP contribution in [-0.4, -0.2) is 23.8 Å². The molecule has 68 valence electrons. The number of hydrogen-bond acceptors (Lipinski definition) is 3. The van der Waals surface area contributed by atoms with Crippen LogP contribution in [0.3, 0.4) is 0 Å². The second-order valence-electron chi connectivity index (χ2n) is 3.66. The SMILES string of the molecule is CCOC(=O)C1C2CCC(O)C21. The highest BCUT2D eigenvalue weighted by Gasteiger charge is 2.61. The van der Waals surface area contributed by atoms with E-state index in [9.17, 15) is 9.90 Å². The smallest absolute Gasteiger partial charge is 0.309 e. The Morgan fingerprint density at radius 1 is 1.58 bits per heavy atom. The first-order chi connectivity index (χ1) is 5.75. The van der Waals surface area contributed by atoms with E-state index in [0.29, 0.717) is 12.5 Å². The Morgan fingerprint density at radius 3 is 2.83 bits per heavy atom. The quantitative estimate of drug-likeness (QED) is 0.616. The molecule has 1 N–H and O–H groups in total. The Bertz CT molecular complexity index is 202. The highest BCUT2D eigenvalue weighted by molar-refractivity contribution is 5.77. The molecule has 2 rings (SSSR count). The normalized spacial score (nSPS) is 43.8. The standard InChI is InChI=1S/C9H14O3/c1-2-12-9(11)8-5-3-4-6(10)7(5)8/h5-8,10H,2-4H2,1H3. The number of fused-ring (bicyclic) bond motifs is 1. The van der Waals surface area contributed by atoms with Crippen LogP contribution in [0.1, 0.15) is 19.8 Å². The molecule has 12 heavy (non-hydrogen) atoms. The average Bonchev–Trinajstić information content (AvgIpc) is 2.65. The van der Waals surface area contributed by atoms with Gasteiger partial charge in [-0.15, -0.1) is 0 Å². The molecule has 0 amide bonds. The molecule has 2 aliphatic rings. The number of carbonyl (C=O) groups is 1. The van der Waals surface area contributed by atoms with E-state index in [-0.39, 0.29) is 23.9 Å². The first-order valence-corrected chi connectivity index (χ1v) is 4.60. The fraction of sp³-hybridized carbons (Fsp3) is 0.889. The zero-order chi connectivity index (χ0) is 8.72. The maximum atomic E-state index is 11.2. The predicted octanol–water partition coefficient (Wildman–Crippen LogP) is 0.566. The summed E-state index contributed by atoms with van der Waals surface area (Å²) in [6.45, 7) is 2.26. The maximum absolute atomic E-state index is 11.2. The van der Waals surface area contributed by atoms with Gasteiger partial charge in [0, 0.05) is 5.92 Å². The number of esters is 1. The molecule has 4 unspecified atom stereocenters. The third-order valence-electron chi connectivity index (χ3n) is 3.03. The number of rotatable bonds is 2. The molecule has 3 nitrogen and oxygen atoms in total. The molecule has 2 aliphatic carbocycles. The third-order valence-corrected chi connectivity index (χ3v) is 3.03. The summed E-state index contributed by atoms with van der Waals surface area (Å²) in [6.07, 6.45) is 1.62. The maximum Gasteiger partial charge on any atom is 0.309 e. The lowest BCUT2D eigenvalue weighted by molar-refractivity contribution is -0.146. The summed E-state index contributed by atoms with van der Waals surface area (Å²) in [5.74, 6) is 0.572. The van der Waals surface area contributed by atoms with Gasteiger partial charge in [0.2, 0.25) is 0 Å². The van der Waals surface area contributed by atoms with Gasteiger partial charge in [0.25, 0.3) is 0 Å². The number of ether oxygens (including phenoxy) is 1. The Labute approximate surface area is 71.7 Å². The largest absolute Gasteiger partial charge is 0.466 e. The summed E-state index contributed by atoms with van der Waals surface area (Å²) >= 11 is 0. The molecule has 0 spiro atoms. The number of hydrogen-bond donors (Lipinski definition) is 1. The fourth-order valence-electron chi connectivity index (χ4n) is 2.42. The molecule has 0 heterocycles. The van der Waals surface area contributed by atoms with Gasteiger partial charge in [-0.2, -0.15) is 0 Å². The van der Waals surface area contributed by atoms with Crippen LogP contribution in [0.2, 0.25) is 0 Å². The van der Waals surface area contributed by atoms with E-state index in [4.69, 9.17) is 4.74 Å². The molecule has 0 bridgehead atoms. The molecular formula is C9H14O3. The van der Waals surface area contributed by atoms with Crippen LogP contribution < -0.4 is 0 Å². The van der Waals surface area contributed by atoms with Gasteiger partial charge < -0.3 is 9.84 Å². The first-order valence-electron chi connectivity index (χ1n) is 4.60. The van der Waals surface area contributed by atoms with Crippen LogP contribution in [0.25, 0.3) is 0 Å². The molecule has 4 atom stereocenters. The van der Waals surface area contributed by atoms with Crippen molar-refractivity contribution in [2.24, 2.45) is 17.8 Å². The molecule has 3 heteroatoms. The lowest BCUT2D eigenvalue weighted by atomic mass is 10.1. The molecule has 0 aromatic heterocycles. The Kier molecular flexibility index (Phi) is 1.83. The number of carbonyl (C=O) groups excluding carboxylic acids is 1. The molecule has 2 fully saturated rings. The number of aliphatic hydroxyl groups is 1. The van der Waals surface area contributed by atoms with Crippen LogP contribution in [0.15, 0.2) is 0 Å². The molecule has 0 radical (unpaired) electrons. The minimum absolute atomic E-state index is 0.0219. The van der Waals surface area contributed by atoms with E-state index in [1.807, 2.05) is 6.92 Å². The van der Waals surface area contributed by atoms with Crippen molar-refractivity contribution >= 4 is 5.97 Å². The average molecular weight is 170 g/mol. The summed E-state index contributed by atoms with van der Waals surface area (Å²) in [6, 6.07) is 0. The van der Waals surface area contributed by atoms with Gasteiger partial charge in [-0.25, -0.2) is 0 Å². The first kappa shape index (κ1) is 8.05. The highest BCUT2D eigenvalue weighted by atomic mass is 16.5. The Balaban J connectivity index is 1.90. The van der Waals surface area contributed by atoms with Crippen LogP contribution in [0.5, 0.6) is 0 Å². The minimum atomic E-state index is -0.246. The van der Waals surface area contributed by atoms with E-state index in [0.717, 1.165) is 12.8 Å². The predicted molar refractivity (Wildman–Crippen MR) is 42.3 cm³/mol. The summed E-state index contributed by atoms with van der Waals surface area (Å²) < 4.78 is 4.90. The zero-order valence-corrected chi connectivity index (χ0v) is 7.19. The lowest BCUT2D eigenvalue weighted by Crippen LogP contribution is -2.15. The van der Waals surface area contributed by atoms with E-state index in [1.165, 1.54) is 0 Å². The van der Waals surface area contributed by atoms with Gasteiger partial charge in [0.05, 0.1) is 18.6 Å². The van der Waals surface area contributed by atoms with Gasteiger partial charge in [-0.1, -0.05) is 0 Å².